The van der Waals surface area contributed by atoms with Crippen LogP contribution in [0.3, 0.4) is 0 Å². The Balaban J connectivity index is 0.000000306. The number of allylic oxidation sites excluding steroid dienone is 2. The van der Waals surface area contributed by atoms with E-state index in [1.165, 1.54) is 15.8 Å². The zero-order chi connectivity index (χ0) is 27.7. The van der Waals surface area contributed by atoms with Crippen molar-refractivity contribution in [3.05, 3.63) is 107 Å². The van der Waals surface area contributed by atoms with Crippen LogP contribution in [0.25, 0.3) is 0 Å². The van der Waals surface area contributed by atoms with Gasteiger partial charge in [-0.1, -0.05) is 48.6 Å². The van der Waals surface area contributed by atoms with Gasteiger partial charge in [0.25, 0.3) is 5.91 Å². The molecule has 3 aliphatic rings. The van der Waals surface area contributed by atoms with Crippen molar-refractivity contribution in [1.29, 1.82) is 0 Å². The summed E-state index contributed by atoms with van der Waals surface area (Å²) in [6, 6.07) is 18.1. The van der Waals surface area contributed by atoms with Crippen molar-refractivity contribution in [2.45, 2.75) is 63.6 Å². The zero-order valence-electron chi connectivity index (χ0n) is 23.1. The van der Waals surface area contributed by atoms with Crippen LogP contribution >= 0.6 is 0 Å². The number of carbonyl (C=O) groups is 2. The molecule has 3 aromatic rings. The number of methoxy groups -OCH3 is 1. The van der Waals surface area contributed by atoms with Gasteiger partial charge in [0.05, 0.1) is 12.3 Å². The molecule has 2 aromatic carbocycles. The van der Waals surface area contributed by atoms with Crippen LogP contribution in [-0.2, 0) is 29.0 Å². The molecule has 1 heterocycles. The molecule has 1 unspecified atom stereocenters. The number of rotatable bonds is 9. The van der Waals surface area contributed by atoms with Gasteiger partial charge in [-0.15, -0.1) is 0 Å². The number of hydrogen-bond acceptors (Lipinski definition) is 5. The fourth-order valence-corrected chi connectivity index (χ4v) is 5.31. The fourth-order valence-electron chi connectivity index (χ4n) is 5.31. The highest BCUT2D eigenvalue weighted by atomic mass is 16.5. The van der Waals surface area contributed by atoms with E-state index >= 15 is 0 Å². The van der Waals surface area contributed by atoms with Crippen molar-refractivity contribution in [2.24, 2.45) is 0 Å². The molecule has 40 heavy (non-hydrogen) atoms. The van der Waals surface area contributed by atoms with Gasteiger partial charge < -0.3 is 14.4 Å². The second kappa shape index (κ2) is 13.4. The SMILES string of the molecule is COCc1ccccc1.O=Cn1cc2c(n1)CCC(N(C(=O)c1ccc(OCC3=CCCC=C3)cc1)C1CC1)C2. The smallest absolute Gasteiger partial charge is 0.254 e. The van der Waals surface area contributed by atoms with E-state index in [2.05, 4.69) is 28.2 Å². The minimum atomic E-state index is 0.0863. The van der Waals surface area contributed by atoms with Gasteiger partial charge in [-0.05, 0) is 85.9 Å². The van der Waals surface area contributed by atoms with Crippen molar-refractivity contribution in [3.8, 4) is 5.75 Å². The number of hydrogen-bond donors (Lipinski definition) is 0. The summed E-state index contributed by atoms with van der Waals surface area (Å²) in [4.78, 5) is 26.5. The third-order valence-electron chi connectivity index (χ3n) is 7.47. The molecule has 7 nitrogen and oxygen atoms in total. The predicted molar refractivity (Wildman–Crippen MR) is 155 cm³/mol. The topological polar surface area (TPSA) is 73.7 Å². The summed E-state index contributed by atoms with van der Waals surface area (Å²) in [5.41, 5.74) is 5.18. The highest BCUT2D eigenvalue weighted by molar-refractivity contribution is 5.95. The maximum atomic E-state index is 13.4. The second-order valence-electron chi connectivity index (χ2n) is 10.5. The van der Waals surface area contributed by atoms with Crippen LogP contribution in [0.5, 0.6) is 5.75 Å². The second-order valence-corrected chi connectivity index (χ2v) is 10.5. The first-order valence-electron chi connectivity index (χ1n) is 14.1. The van der Waals surface area contributed by atoms with Gasteiger partial charge in [-0.25, -0.2) is 4.68 Å². The Hall–Kier alpha value is -3.97. The van der Waals surface area contributed by atoms with Crippen LogP contribution in [0.15, 0.2) is 84.6 Å². The molecule has 3 aliphatic carbocycles. The van der Waals surface area contributed by atoms with Crippen LogP contribution in [0.2, 0.25) is 0 Å². The monoisotopic (exact) mass is 539 g/mol. The molecule has 1 atom stereocenters. The number of carbonyl (C=O) groups excluding carboxylic acids is 2. The normalized spacial score (nSPS) is 17.6. The highest BCUT2D eigenvalue weighted by Gasteiger charge is 2.39. The standard InChI is InChI=1S/C25H27N3O3.C8H10O/c29-17-27-15-20-14-22(10-13-24(20)26-27)28(21-8-9-21)25(30)19-6-11-23(12-7-19)31-16-18-4-2-1-3-5-18;1-9-7-8-5-3-2-4-6-8/h2,4-7,11-12,15,17,21-22H,1,3,8-10,13-14,16H2;2-6H,7H2,1H3. The van der Waals surface area contributed by atoms with Gasteiger partial charge >= 0.3 is 0 Å². The molecule has 0 saturated heterocycles. The van der Waals surface area contributed by atoms with E-state index in [4.69, 9.17) is 9.47 Å². The van der Waals surface area contributed by atoms with Gasteiger partial charge in [-0.3, -0.25) is 9.59 Å². The Kier molecular flexibility index (Phi) is 9.24. The Morgan fingerprint density at radius 1 is 1.02 bits per heavy atom. The summed E-state index contributed by atoms with van der Waals surface area (Å²) in [5, 5.41) is 4.31. The first-order valence-corrected chi connectivity index (χ1v) is 14.1. The summed E-state index contributed by atoms with van der Waals surface area (Å²) in [5.74, 6) is 0.862. The molecule has 208 valence electrons. The van der Waals surface area contributed by atoms with Crippen molar-refractivity contribution in [2.75, 3.05) is 13.7 Å². The lowest BCUT2D eigenvalue weighted by atomic mass is 9.91. The third-order valence-corrected chi connectivity index (χ3v) is 7.47. The van der Waals surface area contributed by atoms with E-state index in [0.29, 0.717) is 24.8 Å². The lowest BCUT2D eigenvalue weighted by molar-refractivity contribution is 0.0642. The fraction of sp³-hybridized carbons (Fsp3) is 0.364. The number of benzene rings is 2. The molecule has 1 amide bonds. The maximum Gasteiger partial charge on any atom is 0.254 e. The van der Waals surface area contributed by atoms with E-state index in [9.17, 15) is 9.59 Å². The van der Waals surface area contributed by atoms with E-state index in [1.54, 1.807) is 13.3 Å². The average Bonchev–Trinajstić information content (AvgIpc) is 3.75. The molecule has 1 saturated carbocycles. The van der Waals surface area contributed by atoms with Crippen molar-refractivity contribution in [3.63, 3.8) is 0 Å². The van der Waals surface area contributed by atoms with Gasteiger partial charge in [0.1, 0.15) is 12.4 Å². The first kappa shape index (κ1) is 27.6. The quantitative estimate of drug-likeness (QED) is 0.332. The molecule has 7 heteroatoms. The Morgan fingerprint density at radius 3 is 2.50 bits per heavy atom. The van der Waals surface area contributed by atoms with Gasteiger partial charge in [0, 0.05) is 31.0 Å². The number of ether oxygens (including phenoxy) is 2. The summed E-state index contributed by atoms with van der Waals surface area (Å²) in [6.45, 7) is 1.26. The third kappa shape index (κ3) is 7.16. The van der Waals surface area contributed by atoms with E-state index < -0.39 is 0 Å². The van der Waals surface area contributed by atoms with Crippen LogP contribution in [-0.4, -0.2) is 52.8 Å². The average molecular weight is 540 g/mol. The Morgan fingerprint density at radius 2 is 1.82 bits per heavy atom. The van der Waals surface area contributed by atoms with Crippen molar-refractivity contribution in [1.82, 2.24) is 14.7 Å². The molecular formula is C33H37N3O4. The lowest BCUT2D eigenvalue weighted by Crippen LogP contribution is -2.44. The van der Waals surface area contributed by atoms with E-state index in [1.807, 2.05) is 54.6 Å². The summed E-state index contributed by atoms with van der Waals surface area (Å²) in [7, 11) is 1.70. The molecule has 6 rings (SSSR count). The Labute approximate surface area is 236 Å². The molecular weight excluding hydrogens is 502 g/mol. The Bertz CT molecular complexity index is 1340. The highest BCUT2D eigenvalue weighted by Crippen LogP contribution is 2.35. The minimum absolute atomic E-state index is 0.0863. The molecule has 0 bridgehead atoms. The number of aryl methyl sites for hydroxylation is 1. The van der Waals surface area contributed by atoms with Crippen LogP contribution in [0, 0.1) is 0 Å². The summed E-state index contributed by atoms with van der Waals surface area (Å²) >= 11 is 0. The summed E-state index contributed by atoms with van der Waals surface area (Å²) in [6.07, 6.45) is 15.7. The number of amides is 1. The van der Waals surface area contributed by atoms with Crippen molar-refractivity contribution >= 4 is 12.3 Å². The van der Waals surface area contributed by atoms with E-state index in [0.717, 1.165) is 68.4 Å². The van der Waals surface area contributed by atoms with E-state index in [-0.39, 0.29) is 11.9 Å². The zero-order valence-corrected chi connectivity index (χ0v) is 23.1. The molecule has 1 aromatic heterocycles. The van der Waals surface area contributed by atoms with Gasteiger partial charge in [0.2, 0.25) is 6.41 Å². The van der Waals surface area contributed by atoms with Crippen LogP contribution in [0.4, 0.5) is 0 Å². The van der Waals surface area contributed by atoms with Crippen LogP contribution in [0.1, 0.15) is 59.3 Å². The predicted octanol–water partition coefficient (Wildman–Crippen LogP) is 5.57. The largest absolute Gasteiger partial charge is 0.489 e. The molecule has 0 N–H and O–H groups in total. The summed E-state index contributed by atoms with van der Waals surface area (Å²) < 4.78 is 12.2. The van der Waals surface area contributed by atoms with Crippen LogP contribution < -0.4 is 4.74 Å². The maximum absolute atomic E-state index is 13.4. The number of fused-ring (bicyclic) bond motifs is 1. The molecule has 1 fully saturated rings. The van der Waals surface area contributed by atoms with Gasteiger partial charge in [0.15, 0.2) is 0 Å². The number of nitrogens with zero attached hydrogens (tertiary/aromatic N) is 3. The molecule has 0 radical (unpaired) electrons. The van der Waals surface area contributed by atoms with Crippen molar-refractivity contribution < 1.29 is 19.1 Å². The molecule has 0 aliphatic heterocycles. The minimum Gasteiger partial charge on any atom is -0.489 e. The van der Waals surface area contributed by atoms with Gasteiger partial charge in [-0.2, -0.15) is 5.10 Å². The molecule has 0 spiro atoms. The first-order chi connectivity index (χ1) is 19.6. The number of aromatic nitrogens is 2. The lowest BCUT2D eigenvalue weighted by Gasteiger charge is -2.34.